The van der Waals surface area contributed by atoms with Gasteiger partial charge < -0.3 is 0 Å². The molecular formula is C34H39F. The first-order valence-corrected chi connectivity index (χ1v) is 13.6. The Labute approximate surface area is 211 Å². The molecule has 0 radical (unpaired) electrons. The SMILES string of the molecule is C/C=C/CCC1CCC(CCc2ccc3c(F)c(C#Cc4ccc(CCC)cc4)ccc3c2)CC1. The summed E-state index contributed by atoms with van der Waals surface area (Å²) < 4.78 is 15.2. The van der Waals surface area contributed by atoms with Crippen molar-refractivity contribution < 1.29 is 4.39 Å². The zero-order valence-electron chi connectivity index (χ0n) is 21.5. The van der Waals surface area contributed by atoms with Gasteiger partial charge >= 0.3 is 0 Å². The fourth-order valence-corrected chi connectivity index (χ4v) is 5.45. The average molecular weight is 467 g/mol. The highest BCUT2D eigenvalue weighted by atomic mass is 19.1. The molecule has 0 unspecified atom stereocenters. The molecule has 0 heterocycles. The minimum absolute atomic E-state index is 0.208. The summed E-state index contributed by atoms with van der Waals surface area (Å²) in [6, 6.07) is 18.4. The third-order valence-corrected chi connectivity index (χ3v) is 7.64. The molecule has 0 bridgehead atoms. The second kappa shape index (κ2) is 12.7. The quantitative estimate of drug-likeness (QED) is 0.229. The fourth-order valence-electron chi connectivity index (χ4n) is 5.45. The van der Waals surface area contributed by atoms with Gasteiger partial charge in [0.1, 0.15) is 5.82 Å². The van der Waals surface area contributed by atoms with Gasteiger partial charge in [-0.3, -0.25) is 0 Å². The first kappa shape index (κ1) is 25.2. The van der Waals surface area contributed by atoms with E-state index in [0.717, 1.165) is 42.0 Å². The number of allylic oxidation sites excluding steroid dienone is 2. The highest BCUT2D eigenvalue weighted by Gasteiger charge is 2.20. The highest BCUT2D eigenvalue weighted by Crippen LogP contribution is 2.34. The molecule has 3 aromatic rings. The number of hydrogen-bond acceptors (Lipinski definition) is 0. The Hall–Kier alpha value is -2.85. The zero-order chi connectivity index (χ0) is 24.5. The van der Waals surface area contributed by atoms with Crippen LogP contribution in [0.2, 0.25) is 0 Å². The Bertz CT molecular complexity index is 1180. The van der Waals surface area contributed by atoms with Crippen molar-refractivity contribution in [2.75, 3.05) is 0 Å². The minimum Gasteiger partial charge on any atom is -0.205 e. The van der Waals surface area contributed by atoms with Gasteiger partial charge in [-0.2, -0.15) is 0 Å². The molecule has 0 aromatic heterocycles. The van der Waals surface area contributed by atoms with Gasteiger partial charge in [0.15, 0.2) is 0 Å². The van der Waals surface area contributed by atoms with Crippen molar-refractivity contribution in [3.8, 4) is 11.8 Å². The summed E-state index contributed by atoms with van der Waals surface area (Å²) in [7, 11) is 0. The summed E-state index contributed by atoms with van der Waals surface area (Å²) in [4.78, 5) is 0. The molecule has 1 aliphatic carbocycles. The molecule has 0 N–H and O–H groups in total. The van der Waals surface area contributed by atoms with Crippen LogP contribution >= 0.6 is 0 Å². The second-order valence-electron chi connectivity index (χ2n) is 10.3. The van der Waals surface area contributed by atoms with Crippen LogP contribution in [-0.2, 0) is 12.8 Å². The number of hydrogen-bond donors (Lipinski definition) is 0. The topological polar surface area (TPSA) is 0 Å². The van der Waals surface area contributed by atoms with Crippen molar-refractivity contribution in [3.05, 3.63) is 94.8 Å². The van der Waals surface area contributed by atoms with E-state index in [1.54, 1.807) is 0 Å². The van der Waals surface area contributed by atoms with Gasteiger partial charge in [-0.15, -0.1) is 0 Å². The van der Waals surface area contributed by atoms with Gasteiger partial charge in [-0.05, 0) is 85.6 Å². The normalized spacial score (nSPS) is 18.0. The molecule has 1 fully saturated rings. The Morgan fingerprint density at radius 1 is 0.829 bits per heavy atom. The van der Waals surface area contributed by atoms with Gasteiger partial charge in [-0.1, -0.05) is 99.4 Å². The van der Waals surface area contributed by atoms with Crippen LogP contribution in [0.15, 0.2) is 66.7 Å². The summed E-state index contributed by atoms with van der Waals surface area (Å²) in [6.07, 6.45) is 17.1. The fraction of sp³-hybridized carbons (Fsp3) is 0.412. The lowest BCUT2D eigenvalue weighted by atomic mass is 9.78. The maximum Gasteiger partial charge on any atom is 0.146 e. The molecule has 182 valence electrons. The molecule has 0 aliphatic heterocycles. The van der Waals surface area contributed by atoms with Crippen molar-refractivity contribution in [1.82, 2.24) is 0 Å². The van der Waals surface area contributed by atoms with E-state index in [0.29, 0.717) is 10.9 Å². The Morgan fingerprint density at radius 3 is 2.26 bits per heavy atom. The first-order chi connectivity index (χ1) is 17.2. The minimum atomic E-state index is -0.208. The van der Waals surface area contributed by atoms with E-state index < -0.39 is 0 Å². The van der Waals surface area contributed by atoms with E-state index in [4.69, 9.17) is 0 Å². The van der Waals surface area contributed by atoms with Crippen LogP contribution < -0.4 is 0 Å². The van der Waals surface area contributed by atoms with E-state index in [-0.39, 0.29) is 5.82 Å². The van der Waals surface area contributed by atoms with Crippen molar-refractivity contribution in [1.29, 1.82) is 0 Å². The molecule has 4 rings (SSSR count). The van der Waals surface area contributed by atoms with Crippen molar-refractivity contribution in [2.24, 2.45) is 11.8 Å². The number of aryl methyl sites for hydroxylation is 2. The van der Waals surface area contributed by atoms with Crippen molar-refractivity contribution in [3.63, 3.8) is 0 Å². The van der Waals surface area contributed by atoms with E-state index in [1.807, 2.05) is 30.3 Å². The molecule has 35 heavy (non-hydrogen) atoms. The zero-order valence-corrected chi connectivity index (χ0v) is 21.5. The van der Waals surface area contributed by atoms with Gasteiger partial charge in [0.25, 0.3) is 0 Å². The van der Waals surface area contributed by atoms with E-state index >= 15 is 4.39 Å². The molecular weight excluding hydrogens is 427 g/mol. The summed E-state index contributed by atoms with van der Waals surface area (Å²) in [5.74, 6) is 7.73. The summed E-state index contributed by atoms with van der Waals surface area (Å²) in [5, 5.41) is 1.64. The van der Waals surface area contributed by atoms with Crippen LogP contribution in [0.5, 0.6) is 0 Å². The van der Waals surface area contributed by atoms with Crippen LogP contribution in [-0.4, -0.2) is 0 Å². The molecule has 1 heteroatoms. The third-order valence-electron chi connectivity index (χ3n) is 7.64. The van der Waals surface area contributed by atoms with Crippen LogP contribution in [0, 0.1) is 29.5 Å². The lowest BCUT2D eigenvalue weighted by Gasteiger charge is -2.28. The van der Waals surface area contributed by atoms with Crippen LogP contribution in [0.1, 0.15) is 87.5 Å². The number of rotatable bonds is 8. The predicted molar refractivity (Wildman–Crippen MR) is 148 cm³/mol. The maximum atomic E-state index is 15.2. The van der Waals surface area contributed by atoms with E-state index in [9.17, 15) is 0 Å². The number of halogens is 1. The van der Waals surface area contributed by atoms with Gasteiger partial charge in [0, 0.05) is 10.9 Å². The summed E-state index contributed by atoms with van der Waals surface area (Å²) in [6.45, 7) is 4.29. The summed E-state index contributed by atoms with van der Waals surface area (Å²) >= 11 is 0. The molecule has 0 spiro atoms. The van der Waals surface area contributed by atoms with Crippen LogP contribution in [0.25, 0.3) is 10.8 Å². The number of benzene rings is 3. The molecule has 1 aliphatic rings. The lowest BCUT2D eigenvalue weighted by Crippen LogP contribution is -2.15. The second-order valence-corrected chi connectivity index (χ2v) is 10.3. The van der Waals surface area contributed by atoms with Gasteiger partial charge in [0.2, 0.25) is 0 Å². The van der Waals surface area contributed by atoms with Gasteiger partial charge in [0.05, 0.1) is 5.56 Å². The monoisotopic (exact) mass is 466 g/mol. The molecule has 0 saturated heterocycles. The van der Waals surface area contributed by atoms with Gasteiger partial charge in [-0.25, -0.2) is 4.39 Å². The van der Waals surface area contributed by atoms with E-state index in [1.165, 1.54) is 56.1 Å². The molecule has 0 nitrogen and oxygen atoms in total. The lowest BCUT2D eigenvalue weighted by molar-refractivity contribution is 0.254. The number of fused-ring (bicyclic) bond motifs is 1. The third kappa shape index (κ3) is 7.08. The van der Waals surface area contributed by atoms with Crippen LogP contribution in [0.3, 0.4) is 0 Å². The highest BCUT2D eigenvalue weighted by molar-refractivity contribution is 5.85. The van der Waals surface area contributed by atoms with E-state index in [2.05, 4.69) is 62.1 Å². The first-order valence-electron chi connectivity index (χ1n) is 13.6. The summed E-state index contributed by atoms with van der Waals surface area (Å²) in [5.41, 5.74) is 4.03. The predicted octanol–water partition coefficient (Wildman–Crippen LogP) is 9.43. The molecule has 1 saturated carbocycles. The Kier molecular flexibility index (Phi) is 9.19. The van der Waals surface area contributed by atoms with Crippen LogP contribution in [0.4, 0.5) is 4.39 Å². The standard InChI is InChI=1S/C34H39F/c1-3-5-6-8-27-11-15-28(16-12-27)17-18-30-20-24-33-32(25-30)23-22-31(34(33)35)21-19-29-13-9-26(7-4-2)10-14-29/h3,5,9-10,13-14,20,22-25,27-28H,4,6-8,11-12,15-18H2,1-2H3/b5-3+. The maximum absolute atomic E-state index is 15.2. The Balaban J connectivity index is 1.35. The van der Waals surface area contributed by atoms with Crippen molar-refractivity contribution in [2.45, 2.75) is 78.1 Å². The smallest absolute Gasteiger partial charge is 0.146 e. The average Bonchev–Trinajstić information content (AvgIpc) is 2.89. The Morgan fingerprint density at radius 2 is 1.54 bits per heavy atom. The molecule has 3 aromatic carbocycles. The van der Waals surface area contributed by atoms with Crippen molar-refractivity contribution >= 4 is 10.8 Å². The molecule has 0 atom stereocenters. The largest absolute Gasteiger partial charge is 0.205 e. The molecule has 0 amide bonds.